The Balaban J connectivity index is 2.02. The van der Waals surface area contributed by atoms with Crippen molar-refractivity contribution in [2.75, 3.05) is 13.6 Å². The lowest BCUT2D eigenvalue weighted by Crippen LogP contribution is -2.28. The van der Waals surface area contributed by atoms with Crippen LogP contribution < -0.4 is 0 Å². The molecule has 0 aliphatic carbocycles. The Bertz CT molecular complexity index is 607. The predicted octanol–water partition coefficient (Wildman–Crippen LogP) is 2.76. The number of hydrogen-bond donors (Lipinski definition) is 1. The molecule has 0 atom stereocenters. The van der Waals surface area contributed by atoms with E-state index in [4.69, 9.17) is 5.11 Å². The lowest BCUT2D eigenvalue weighted by molar-refractivity contribution is 0.0695. The first kappa shape index (κ1) is 14.3. The van der Waals surface area contributed by atoms with E-state index < -0.39 is 5.97 Å². The second kappa shape index (κ2) is 6.34. The first-order valence-corrected chi connectivity index (χ1v) is 7.07. The van der Waals surface area contributed by atoms with Crippen LogP contribution in [0.15, 0.2) is 41.8 Å². The highest BCUT2D eigenvalue weighted by Crippen LogP contribution is 2.13. The van der Waals surface area contributed by atoms with Gasteiger partial charge in [-0.15, -0.1) is 11.3 Å². The molecule has 1 N–H and O–H groups in total. The fourth-order valence-electron chi connectivity index (χ4n) is 1.93. The molecule has 104 valence electrons. The maximum Gasteiger partial charge on any atom is 0.335 e. The third-order valence-electron chi connectivity index (χ3n) is 3.04. The number of likely N-dealkylation sites (N-methyl/N-ethyl adjacent to an activating group) is 1. The summed E-state index contributed by atoms with van der Waals surface area (Å²) < 4.78 is 0. The Morgan fingerprint density at radius 3 is 2.60 bits per heavy atom. The van der Waals surface area contributed by atoms with Crippen LogP contribution in [0.2, 0.25) is 0 Å². The summed E-state index contributed by atoms with van der Waals surface area (Å²) in [7, 11) is 1.73. The van der Waals surface area contributed by atoms with E-state index in [1.165, 1.54) is 11.3 Å². The van der Waals surface area contributed by atoms with Crippen LogP contribution in [0.25, 0.3) is 0 Å². The monoisotopic (exact) mass is 289 g/mol. The summed E-state index contributed by atoms with van der Waals surface area (Å²) >= 11 is 1.40. The number of hydrogen-bond acceptors (Lipinski definition) is 3. The van der Waals surface area contributed by atoms with Crippen molar-refractivity contribution in [3.63, 3.8) is 0 Å². The van der Waals surface area contributed by atoms with Gasteiger partial charge in [-0.25, -0.2) is 4.79 Å². The molecule has 0 aliphatic heterocycles. The number of carbonyl (C=O) groups excluding carboxylic acids is 1. The lowest BCUT2D eigenvalue weighted by atomic mass is 10.0. The topological polar surface area (TPSA) is 57.6 Å². The Kier molecular flexibility index (Phi) is 4.53. The summed E-state index contributed by atoms with van der Waals surface area (Å²) in [6, 6.07) is 10.5. The van der Waals surface area contributed by atoms with Crippen LogP contribution in [0.1, 0.15) is 25.6 Å². The fourth-order valence-corrected chi connectivity index (χ4v) is 2.64. The number of benzene rings is 1. The summed E-state index contributed by atoms with van der Waals surface area (Å²) in [5.41, 5.74) is 1.04. The molecule has 2 aromatic rings. The van der Waals surface area contributed by atoms with Gasteiger partial charge in [-0.1, -0.05) is 24.3 Å². The second-order valence-corrected chi connectivity index (χ2v) is 5.36. The Labute approximate surface area is 121 Å². The van der Waals surface area contributed by atoms with Gasteiger partial charge in [-0.05, 0) is 29.5 Å². The van der Waals surface area contributed by atoms with E-state index in [0.29, 0.717) is 23.4 Å². The third-order valence-corrected chi connectivity index (χ3v) is 3.90. The largest absolute Gasteiger partial charge is 0.478 e. The standard InChI is InChI=1S/C15H15NO3S/c1-16(14(17)13-7-4-10-20-13)9-8-11-5-2-3-6-12(11)15(18)19/h2-7,10H,8-9H2,1H3,(H,18,19). The number of carboxylic acids is 1. The molecule has 5 heteroatoms. The zero-order chi connectivity index (χ0) is 14.5. The quantitative estimate of drug-likeness (QED) is 0.920. The molecule has 0 fully saturated rings. The van der Waals surface area contributed by atoms with Crippen LogP contribution in [0.5, 0.6) is 0 Å². The van der Waals surface area contributed by atoms with Crippen LogP contribution in [-0.4, -0.2) is 35.5 Å². The highest BCUT2D eigenvalue weighted by Gasteiger charge is 2.14. The van der Waals surface area contributed by atoms with E-state index in [2.05, 4.69) is 0 Å². The first-order valence-electron chi connectivity index (χ1n) is 6.19. The summed E-state index contributed by atoms with van der Waals surface area (Å²) in [5.74, 6) is -0.972. The van der Waals surface area contributed by atoms with Gasteiger partial charge in [0.05, 0.1) is 10.4 Å². The van der Waals surface area contributed by atoms with Crippen molar-refractivity contribution in [3.8, 4) is 0 Å². The summed E-state index contributed by atoms with van der Waals surface area (Å²) in [4.78, 5) is 25.5. The van der Waals surface area contributed by atoms with E-state index >= 15 is 0 Å². The minimum absolute atomic E-state index is 0.0344. The van der Waals surface area contributed by atoms with E-state index in [1.807, 2.05) is 17.5 Å². The zero-order valence-electron chi connectivity index (χ0n) is 11.1. The minimum atomic E-state index is -0.937. The maximum absolute atomic E-state index is 12.1. The molecule has 1 amide bonds. The molecule has 0 bridgehead atoms. The number of rotatable bonds is 5. The Morgan fingerprint density at radius 1 is 1.20 bits per heavy atom. The van der Waals surface area contributed by atoms with Crippen molar-refractivity contribution >= 4 is 23.2 Å². The molecule has 1 aromatic heterocycles. The number of thiophene rings is 1. The molecule has 0 radical (unpaired) electrons. The molecule has 4 nitrogen and oxygen atoms in total. The zero-order valence-corrected chi connectivity index (χ0v) is 11.9. The molecular weight excluding hydrogens is 274 g/mol. The van der Waals surface area contributed by atoms with Crippen molar-refractivity contribution < 1.29 is 14.7 Å². The van der Waals surface area contributed by atoms with Gasteiger partial charge in [0, 0.05) is 13.6 Å². The number of carbonyl (C=O) groups is 2. The van der Waals surface area contributed by atoms with Crippen LogP contribution in [-0.2, 0) is 6.42 Å². The number of amides is 1. The van der Waals surface area contributed by atoms with Crippen molar-refractivity contribution in [1.82, 2.24) is 4.90 Å². The summed E-state index contributed by atoms with van der Waals surface area (Å²) in [6.07, 6.45) is 0.524. The van der Waals surface area contributed by atoms with Crippen LogP contribution in [0.3, 0.4) is 0 Å². The third kappa shape index (κ3) is 3.24. The second-order valence-electron chi connectivity index (χ2n) is 4.42. The van der Waals surface area contributed by atoms with Crippen molar-refractivity contribution in [1.29, 1.82) is 0 Å². The van der Waals surface area contributed by atoms with Gasteiger partial charge in [0.2, 0.25) is 0 Å². The van der Waals surface area contributed by atoms with E-state index in [1.54, 1.807) is 36.2 Å². The molecule has 0 unspecified atom stereocenters. The number of nitrogens with zero attached hydrogens (tertiary/aromatic N) is 1. The first-order chi connectivity index (χ1) is 9.59. The van der Waals surface area contributed by atoms with E-state index in [-0.39, 0.29) is 5.91 Å². The summed E-state index contributed by atoms with van der Waals surface area (Å²) in [5, 5.41) is 11.0. The maximum atomic E-state index is 12.1. The van der Waals surface area contributed by atoms with Gasteiger partial charge in [-0.3, -0.25) is 4.79 Å². The lowest BCUT2D eigenvalue weighted by Gasteiger charge is -2.16. The smallest absolute Gasteiger partial charge is 0.335 e. The SMILES string of the molecule is CN(CCc1ccccc1C(=O)O)C(=O)c1cccs1. The average molecular weight is 289 g/mol. The number of aromatic carboxylic acids is 1. The highest BCUT2D eigenvalue weighted by atomic mass is 32.1. The van der Waals surface area contributed by atoms with Crippen molar-refractivity contribution in [2.45, 2.75) is 6.42 Å². The Hall–Kier alpha value is -2.14. The molecule has 0 aliphatic rings. The molecule has 1 aromatic carbocycles. The summed E-state index contributed by atoms with van der Waals surface area (Å²) in [6.45, 7) is 0.487. The normalized spacial score (nSPS) is 10.2. The van der Waals surface area contributed by atoms with Gasteiger partial charge < -0.3 is 10.0 Å². The van der Waals surface area contributed by atoms with Crippen LogP contribution in [0, 0.1) is 0 Å². The van der Waals surface area contributed by atoms with E-state index in [9.17, 15) is 9.59 Å². The highest BCUT2D eigenvalue weighted by molar-refractivity contribution is 7.12. The van der Waals surface area contributed by atoms with Crippen LogP contribution >= 0.6 is 11.3 Å². The van der Waals surface area contributed by atoms with Gasteiger partial charge in [0.1, 0.15) is 0 Å². The molecule has 0 spiro atoms. The predicted molar refractivity (Wildman–Crippen MR) is 78.4 cm³/mol. The van der Waals surface area contributed by atoms with Crippen LogP contribution in [0.4, 0.5) is 0 Å². The fraction of sp³-hybridized carbons (Fsp3) is 0.200. The molecule has 2 rings (SSSR count). The number of carboxylic acid groups (broad SMARTS) is 1. The molecule has 1 heterocycles. The van der Waals surface area contributed by atoms with Crippen molar-refractivity contribution in [2.24, 2.45) is 0 Å². The van der Waals surface area contributed by atoms with Gasteiger partial charge in [0.25, 0.3) is 5.91 Å². The average Bonchev–Trinajstić information content (AvgIpc) is 2.98. The van der Waals surface area contributed by atoms with Gasteiger partial charge in [0.15, 0.2) is 0 Å². The molecule has 20 heavy (non-hydrogen) atoms. The minimum Gasteiger partial charge on any atom is -0.478 e. The van der Waals surface area contributed by atoms with Gasteiger partial charge in [-0.2, -0.15) is 0 Å². The molecule has 0 saturated heterocycles. The van der Waals surface area contributed by atoms with Gasteiger partial charge >= 0.3 is 5.97 Å². The molecular formula is C15H15NO3S. The molecule has 0 saturated carbocycles. The van der Waals surface area contributed by atoms with E-state index in [0.717, 1.165) is 5.56 Å². The van der Waals surface area contributed by atoms with Crippen molar-refractivity contribution in [3.05, 3.63) is 57.8 Å². The Morgan fingerprint density at radius 2 is 1.95 bits per heavy atom.